The second kappa shape index (κ2) is 12.4. The van der Waals surface area contributed by atoms with E-state index < -0.39 is 9.84 Å². The van der Waals surface area contributed by atoms with Crippen molar-refractivity contribution in [2.24, 2.45) is 0 Å². The van der Waals surface area contributed by atoms with Gasteiger partial charge in [-0.25, -0.2) is 18.4 Å². The van der Waals surface area contributed by atoms with Crippen molar-refractivity contribution < 1.29 is 17.9 Å². The number of carbonyl (C=O) groups is 1. The van der Waals surface area contributed by atoms with E-state index in [-0.39, 0.29) is 22.9 Å². The Morgan fingerprint density at radius 1 is 1.02 bits per heavy atom. The number of aryl methyl sites for hydroxylation is 1. The summed E-state index contributed by atoms with van der Waals surface area (Å²) in [5.41, 5.74) is 3.86. The summed E-state index contributed by atoms with van der Waals surface area (Å²) in [6.07, 6.45) is 5.20. The molecule has 1 unspecified atom stereocenters. The lowest BCUT2D eigenvalue weighted by Crippen LogP contribution is -2.45. The molecule has 1 amide bonds. The number of aromatic nitrogens is 3. The van der Waals surface area contributed by atoms with Gasteiger partial charge in [-0.1, -0.05) is 12.1 Å². The quantitative estimate of drug-likeness (QED) is 0.324. The van der Waals surface area contributed by atoms with Gasteiger partial charge >= 0.3 is 0 Å². The Morgan fingerprint density at radius 2 is 1.84 bits per heavy atom. The highest BCUT2D eigenvalue weighted by molar-refractivity contribution is 7.90. The van der Waals surface area contributed by atoms with Crippen molar-refractivity contribution in [1.82, 2.24) is 25.2 Å². The minimum absolute atomic E-state index is 0.149. The van der Waals surface area contributed by atoms with Crippen LogP contribution in [-0.2, 0) is 21.1 Å². The predicted molar refractivity (Wildman–Crippen MR) is 166 cm³/mol. The van der Waals surface area contributed by atoms with Gasteiger partial charge in [0.15, 0.2) is 9.84 Å². The first-order valence-electron chi connectivity index (χ1n) is 14.6. The number of nitrogens with one attached hydrogen (secondary N) is 1. The van der Waals surface area contributed by atoms with Gasteiger partial charge < -0.3 is 15.0 Å². The molecule has 11 heteroatoms. The van der Waals surface area contributed by atoms with Gasteiger partial charge in [-0.15, -0.1) is 0 Å². The Morgan fingerprint density at radius 3 is 2.65 bits per heavy atom. The number of fused-ring (bicyclic) bond motifs is 1. The first-order chi connectivity index (χ1) is 20.7. The van der Waals surface area contributed by atoms with Crippen LogP contribution in [0.25, 0.3) is 22.3 Å². The zero-order valence-electron chi connectivity index (χ0n) is 24.5. The van der Waals surface area contributed by atoms with E-state index in [9.17, 15) is 13.2 Å². The van der Waals surface area contributed by atoms with Gasteiger partial charge in [-0.3, -0.25) is 14.7 Å². The number of ether oxygens (including phenoxy) is 1. The molecule has 4 aromatic rings. The van der Waals surface area contributed by atoms with E-state index >= 15 is 0 Å². The van der Waals surface area contributed by atoms with Crippen molar-refractivity contribution in [1.29, 1.82) is 0 Å². The molecule has 224 valence electrons. The number of rotatable bonds is 8. The summed E-state index contributed by atoms with van der Waals surface area (Å²) in [5, 5.41) is 3.73. The minimum Gasteiger partial charge on any atom is -0.379 e. The number of pyridine rings is 3. The van der Waals surface area contributed by atoms with Gasteiger partial charge in [0.05, 0.1) is 47.3 Å². The summed E-state index contributed by atoms with van der Waals surface area (Å²) in [6, 6.07) is 17.0. The monoisotopic (exact) mass is 600 g/mol. The molecule has 0 aliphatic carbocycles. The molecule has 0 radical (unpaired) electrons. The standard InChI is InChI=1S/C32H36N6O4S/c1-22-8-9-23(17-30(22)43(2,40)41)32(39)34-20-25-18-29-24(19-33-25)10-11-28(35-29)27-6-3-7-31(36-27)38-12-4-5-26(38)21-37-13-15-42-16-14-37/h3,6-11,17-19,26H,4-5,12-16,20-21H2,1-2H3,(H,34,39). The van der Waals surface area contributed by atoms with Gasteiger partial charge in [0, 0.05) is 55.6 Å². The van der Waals surface area contributed by atoms with Gasteiger partial charge in [0.2, 0.25) is 0 Å². The molecule has 0 bridgehead atoms. The number of benzene rings is 1. The Bertz CT molecular complexity index is 1760. The zero-order valence-corrected chi connectivity index (χ0v) is 25.3. The zero-order chi connectivity index (χ0) is 30.0. The molecule has 2 fully saturated rings. The first-order valence-corrected chi connectivity index (χ1v) is 16.5. The Kier molecular flexibility index (Phi) is 8.38. The topological polar surface area (TPSA) is 118 Å². The molecule has 5 heterocycles. The lowest BCUT2D eigenvalue weighted by Gasteiger charge is -2.33. The number of amides is 1. The summed E-state index contributed by atoms with van der Waals surface area (Å²) in [5.74, 6) is 0.604. The van der Waals surface area contributed by atoms with Crippen LogP contribution < -0.4 is 10.2 Å². The molecule has 3 aromatic heterocycles. The van der Waals surface area contributed by atoms with Crippen LogP contribution >= 0.6 is 0 Å². The van der Waals surface area contributed by atoms with Crippen LogP contribution in [-0.4, -0.2) is 85.9 Å². The van der Waals surface area contributed by atoms with Crippen molar-refractivity contribution in [2.75, 3.05) is 50.5 Å². The summed E-state index contributed by atoms with van der Waals surface area (Å²) in [7, 11) is -3.44. The third-order valence-corrected chi connectivity index (χ3v) is 9.39. The summed E-state index contributed by atoms with van der Waals surface area (Å²) in [4.78, 5) is 32.3. The highest BCUT2D eigenvalue weighted by Gasteiger charge is 2.28. The lowest BCUT2D eigenvalue weighted by atomic mass is 10.1. The van der Waals surface area contributed by atoms with Gasteiger partial charge in [-0.2, -0.15) is 0 Å². The second-order valence-corrected chi connectivity index (χ2v) is 13.3. The number of carbonyl (C=O) groups excluding carboxylic acids is 1. The SMILES string of the molecule is Cc1ccc(C(=O)NCc2cc3nc(-c4cccc(N5CCCC5CN5CCOCC5)n4)ccc3cn2)cc1S(C)(=O)=O. The molecule has 2 aliphatic heterocycles. The third-order valence-electron chi connectivity index (χ3n) is 8.15. The molecule has 0 spiro atoms. The van der Waals surface area contributed by atoms with Crippen molar-refractivity contribution in [3.05, 3.63) is 77.6 Å². The smallest absolute Gasteiger partial charge is 0.251 e. The summed E-state index contributed by atoms with van der Waals surface area (Å²) < 4.78 is 29.7. The van der Waals surface area contributed by atoms with E-state index in [1.54, 1.807) is 25.3 Å². The fourth-order valence-electron chi connectivity index (χ4n) is 5.85. The maximum Gasteiger partial charge on any atom is 0.251 e. The van der Waals surface area contributed by atoms with Crippen molar-refractivity contribution in [3.63, 3.8) is 0 Å². The number of nitrogens with zero attached hydrogens (tertiary/aromatic N) is 5. The van der Waals surface area contributed by atoms with E-state index in [2.05, 4.69) is 26.2 Å². The Labute approximate surface area is 252 Å². The predicted octanol–water partition coefficient (Wildman–Crippen LogP) is 3.63. The van der Waals surface area contributed by atoms with E-state index in [1.165, 1.54) is 6.07 Å². The van der Waals surface area contributed by atoms with Gasteiger partial charge in [0.1, 0.15) is 5.82 Å². The molecule has 1 aromatic carbocycles. The van der Waals surface area contributed by atoms with Crippen LogP contribution in [0.3, 0.4) is 0 Å². The second-order valence-electron chi connectivity index (χ2n) is 11.3. The molecule has 6 rings (SSSR count). The van der Waals surface area contributed by atoms with Crippen LogP contribution in [0.5, 0.6) is 0 Å². The highest BCUT2D eigenvalue weighted by atomic mass is 32.2. The van der Waals surface area contributed by atoms with E-state index in [0.29, 0.717) is 17.3 Å². The fourth-order valence-corrected chi connectivity index (χ4v) is 6.84. The molecule has 2 saturated heterocycles. The highest BCUT2D eigenvalue weighted by Crippen LogP contribution is 2.28. The molecule has 0 saturated carbocycles. The third kappa shape index (κ3) is 6.69. The van der Waals surface area contributed by atoms with Crippen molar-refractivity contribution in [3.8, 4) is 11.4 Å². The maximum atomic E-state index is 12.8. The molecular weight excluding hydrogens is 564 g/mol. The number of hydrogen-bond acceptors (Lipinski definition) is 9. The Hall–Kier alpha value is -3.93. The van der Waals surface area contributed by atoms with Crippen LogP contribution in [0.4, 0.5) is 5.82 Å². The number of hydrogen-bond donors (Lipinski definition) is 1. The van der Waals surface area contributed by atoms with Crippen LogP contribution in [0.1, 0.15) is 34.5 Å². The van der Waals surface area contributed by atoms with Crippen LogP contribution in [0.2, 0.25) is 0 Å². The van der Waals surface area contributed by atoms with E-state index in [0.717, 1.165) is 86.6 Å². The summed E-state index contributed by atoms with van der Waals surface area (Å²) in [6.45, 7) is 7.47. The van der Waals surface area contributed by atoms with Crippen LogP contribution in [0, 0.1) is 6.92 Å². The normalized spacial score (nSPS) is 17.8. The maximum absolute atomic E-state index is 12.8. The first kappa shape index (κ1) is 29.2. The van der Waals surface area contributed by atoms with Crippen molar-refractivity contribution in [2.45, 2.75) is 37.2 Å². The average Bonchev–Trinajstić information content (AvgIpc) is 3.47. The number of sulfone groups is 1. The minimum atomic E-state index is -3.44. The number of anilines is 1. The molecule has 2 aliphatic rings. The van der Waals surface area contributed by atoms with E-state index in [4.69, 9.17) is 14.7 Å². The molecule has 10 nitrogen and oxygen atoms in total. The molecule has 1 atom stereocenters. The fraction of sp³-hybridized carbons (Fsp3) is 0.375. The molecule has 43 heavy (non-hydrogen) atoms. The average molecular weight is 601 g/mol. The van der Waals surface area contributed by atoms with Crippen LogP contribution in [0.15, 0.2) is 65.7 Å². The summed E-state index contributed by atoms with van der Waals surface area (Å²) >= 11 is 0. The molecular formula is C32H36N6O4S. The van der Waals surface area contributed by atoms with Gasteiger partial charge in [0.25, 0.3) is 5.91 Å². The molecule has 1 N–H and O–H groups in total. The largest absolute Gasteiger partial charge is 0.379 e. The lowest BCUT2D eigenvalue weighted by molar-refractivity contribution is 0.0354. The van der Waals surface area contributed by atoms with Crippen molar-refractivity contribution >= 4 is 32.5 Å². The van der Waals surface area contributed by atoms with E-state index in [1.807, 2.05) is 30.3 Å². The Balaban J connectivity index is 1.17. The number of morpholine rings is 1. The van der Waals surface area contributed by atoms with Gasteiger partial charge in [-0.05, 0) is 67.8 Å².